The number of nitrogens with zero attached hydrogens (tertiary/aromatic N) is 10. The number of fused-ring (bicyclic) bond motifs is 3. The minimum Gasteiger partial charge on any atom is -0.465 e. The Bertz CT molecular complexity index is 7460. The number of H-pyrrole nitrogens is 1. The lowest BCUT2D eigenvalue weighted by Gasteiger charge is -2.32. The third-order valence-electron chi connectivity index (χ3n) is 25.5. The minimum atomic E-state index is -4.45. The number of anilines is 3. The maximum Gasteiger partial charge on any atom is 0.497 e. The van der Waals surface area contributed by atoms with Crippen molar-refractivity contribution >= 4 is 158 Å². The van der Waals surface area contributed by atoms with E-state index in [-0.39, 0.29) is 115 Å². The van der Waals surface area contributed by atoms with Gasteiger partial charge < -0.3 is 58.7 Å². The van der Waals surface area contributed by atoms with Crippen LogP contribution in [-0.2, 0) is 74.5 Å². The summed E-state index contributed by atoms with van der Waals surface area (Å²) in [5.74, 6) is -3.15. The quantitative estimate of drug-likeness (QED) is 0.0186. The van der Waals surface area contributed by atoms with Crippen LogP contribution in [0.4, 0.5) is 30.6 Å². The number of methoxy groups -OCH3 is 3. The Morgan fingerprint density at radius 3 is 1.16 bits per heavy atom. The van der Waals surface area contributed by atoms with Crippen molar-refractivity contribution in [3.05, 3.63) is 350 Å². The smallest absolute Gasteiger partial charge is 0.465 e. The van der Waals surface area contributed by atoms with E-state index in [0.29, 0.717) is 106 Å². The molecule has 5 fully saturated rings. The van der Waals surface area contributed by atoms with Gasteiger partial charge in [-0.2, -0.15) is 0 Å². The van der Waals surface area contributed by atoms with Crippen molar-refractivity contribution in [3.8, 4) is 22.5 Å². The first-order valence-electron chi connectivity index (χ1n) is 46.0. The number of aromatic amines is 1. The van der Waals surface area contributed by atoms with Crippen molar-refractivity contribution in [1.82, 2.24) is 42.6 Å². The Kier molecular flexibility index (Phi) is 33.5. The predicted molar refractivity (Wildman–Crippen MR) is 562 cm³/mol. The Morgan fingerprint density at radius 1 is 0.462 bits per heavy atom. The number of esters is 3. The van der Waals surface area contributed by atoms with Gasteiger partial charge in [0.1, 0.15) is 34.3 Å². The van der Waals surface area contributed by atoms with Gasteiger partial charge >= 0.3 is 25.0 Å². The lowest BCUT2D eigenvalue weighted by atomic mass is 9.78. The van der Waals surface area contributed by atoms with Gasteiger partial charge in [0.15, 0.2) is 11.6 Å². The zero-order chi connectivity index (χ0) is 101. The van der Waals surface area contributed by atoms with Crippen LogP contribution in [0.2, 0.25) is 0 Å². The number of carbonyl (C=O) groups is 7. The first-order valence-corrected chi connectivity index (χ1v) is 50.4. The molecule has 0 unspecified atom stereocenters. The molecule has 3 N–H and O–H groups in total. The first kappa shape index (κ1) is 106. The fourth-order valence-electron chi connectivity index (χ4n) is 16.5. The topological polar surface area (TPSA) is 340 Å². The lowest BCUT2D eigenvalue weighted by Crippen LogP contribution is -2.42. The molecule has 4 saturated heterocycles. The maximum atomic E-state index is 16.2. The summed E-state index contributed by atoms with van der Waals surface area (Å²) in [5.41, 5.74) is 11.8. The van der Waals surface area contributed by atoms with Crippen molar-refractivity contribution < 1.29 is 87.1 Å². The summed E-state index contributed by atoms with van der Waals surface area (Å²) in [6.45, 7) is 13.4. The summed E-state index contributed by atoms with van der Waals surface area (Å²) < 4.78 is 132. The van der Waals surface area contributed by atoms with Gasteiger partial charge in [0, 0.05) is 145 Å². The highest BCUT2D eigenvalue weighted by molar-refractivity contribution is 14.1. The molecule has 15 aromatic rings. The Hall–Kier alpha value is -14.4. The largest absolute Gasteiger partial charge is 0.497 e. The number of nitrogen functional groups attached to an aromatic ring is 1. The molecule has 0 atom stereocenters. The highest BCUT2D eigenvalue weighted by Crippen LogP contribution is 2.44. The molecule has 6 aromatic heterocycles. The lowest BCUT2D eigenvalue weighted by molar-refractivity contribution is -0.112. The van der Waals surface area contributed by atoms with E-state index in [1.165, 1.54) is 92.4 Å². The summed E-state index contributed by atoms with van der Waals surface area (Å²) in [4.78, 5) is 111. The van der Waals surface area contributed by atoms with Gasteiger partial charge in [-0.05, 0) is 207 Å². The van der Waals surface area contributed by atoms with Crippen LogP contribution in [0.25, 0.3) is 55.2 Å². The molecule has 145 heavy (non-hydrogen) atoms. The summed E-state index contributed by atoms with van der Waals surface area (Å²) in [6.07, 6.45) is 9.05. The molecule has 36 heteroatoms. The standard InChI is InChI=1S/C39H33FN4O5S.C29H24IN3O4S.C19H17FN4O3.C16H21BFNO3.C4H5ClO.2CH4/c1-49-39(46)33-24-41-37(43(25-27-12-5-2-6-13-27)26-28-14-7-3-8-15-28)36-32(33)23-35(44(36)50(47,48)30-16-9-4-10-17-30)31-19-18-29(22-34(31)40)38(45)42-20-11-21-42;1-37-29(34)25-18-31-28(32(19-21-11-5-2-6-12-21)20-22-13-7-3-8-14-22)27-24(25)17-26(30)33(27)38(35,36)23-15-9-4-10-16-23;1-27-19(26)13-9-22-17(21)16-12(13)8-15(23-16)11-4-3-10(7-14(11)20)18(25)24-5-2-6-24;1-15(2)16(3,4)22-17(21-15)12-7-6-11(10-13(12)18)14(20)19-8-5-9-19;5-4(6)3-1-2-3;;/h2-10,12-19,22-24H,11,20-21,25-26H2,1H3;2-18H,19-20H2,1H3;3-4,7-9,23H,2,5-6H2,1H3,(H2,21,22);6-7,10H,5,8-9H2,1-4H3;3H,1-2H2;2*1H4. The fraction of sp³-hybridized carbons (Fsp3) is 0.248. The van der Waals surface area contributed by atoms with Gasteiger partial charge in [0.25, 0.3) is 37.8 Å². The number of nitrogens with two attached hydrogens (primary N) is 1. The second kappa shape index (κ2) is 45.7. The zero-order valence-corrected chi connectivity index (χ0v) is 83.6. The molecule has 750 valence electrons. The normalized spacial score (nSPS) is 14.2. The number of likely N-dealkylation sites (tertiary alicyclic amines) is 3. The summed E-state index contributed by atoms with van der Waals surface area (Å²) in [7, 11) is -5.42. The van der Waals surface area contributed by atoms with Gasteiger partial charge in [-0.3, -0.25) is 19.2 Å². The maximum absolute atomic E-state index is 16.2. The van der Waals surface area contributed by atoms with Gasteiger partial charge in [-0.1, -0.05) is 179 Å². The van der Waals surface area contributed by atoms with Crippen molar-refractivity contribution in [2.75, 3.05) is 76.1 Å². The summed E-state index contributed by atoms with van der Waals surface area (Å²) >= 11 is 7.03. The number of pyridine rings is 3. The van der Waals surface area contributed by atoms with Crippen LogP contribution < -0.4 is 21.0 Å². The van der Waals surface area contributed by atoms with E-state index in [1.807, 2.05) is 181 Å². The molecule has 5 aliphatic rings. The molecule has 1 saturated carbocycles. The highest BCUT2D eigenvalue weighted by Gasteiger charge is 2.53. The third-order valence-corrected chi connectivity index (χ3v) is 30.4. The minimum absolute atomic E-state index is 0. The molecular weight excluding hydrogens is 2030 g/mol. The van der Waals surface area contributed by atoms with E-state index in [9.17, 15) is 59.2 Å². The van der Waals surface area contributed by atoms with Crippen molar-refractivity contribution in [3.63, 3.8) is 0 Å². The van der Waals surface area contributed by atoms with Crippen molar-refractivity contribution in [2.45, 2.75) is 122 Å². The molecule has 20 rings (SSSR count). The van der Waals surface area contributed by atoms with Crippen LogP contribution in [-0.4, -0.2) is 179 Å². The molecule has 9 aromatic carbocycles. The molecule has 28 nitrogen and oxygen atoms in total. The molecule has 0 radical (unpaired) electrons. The van der Waals surface area contributed by atoms with Gasteiger partial charge in [-0.15, -0.1) is 0 Å². The molecule has 3 amide bonds. The average molecular weight is 2140 g/mol. The number of halogens is 5. The van der Waals surface area contributed by atoms with E-state index in [2.05, 4.69) is 15.0 Å². The van der Waals surface area contributed by atoms with Crippen molar-refractivity contribution in [1.29, 1.82) is 0 Å². The van der Waals surface area contributed by atoms with E-state index in [0.717, 1.165) is 77.5 Å². The molecule has 4 aliphatic heterocycles. The first-order chi connectivity index (χ1) is 68.7. The fourth-order valence-corrected chi connectivity index (χ4v) is 21.0. The zero-order valence-electron chi connectivity index (χ0n) is 79.0. The molecular formula is C109H108BClF3IN12O16S2. The SMILES string of the molecule is C.C.CC1(C)OB(c2ccc(C(=O)N3CCC3)cc2F)OC1(C)C.COC(=O)c1cnc(N(Cc2ccccc2)Cc2ccccc2)c2c1cc(-c1ccc(C(=O)N3CCC3)cc1F)n2S(=O)(=O)c1ccccc1.COC(=O)c1cnc(N(Cc2ccccc2)Cc2ccccc2)c2c1cc(I)n2S(=O)(=O)c1ccccc1.COC(=O)c1cnc(N)c2[nH]c(-c3ccc(C(=O)N4CCC4)cc3F)cc12.O=C(Cl)C1CC1. The van der Waals surface area contributed by atoms with Crippen LogP contribution in [0, 0.1) is 27.1 Å². The highest BCUT2D eigenvalue weighted by atomic mass is 127. The number of aromatic nitrogens is 6. The van der Waals surface area contributed by atoms with Crippen LogP contribution in [0.5, 0.6) is 0 Å². The number of rotatable bonds is 24. The predicted octanol–water partition coefficient (Wildman–Crippen LogP) is 19.8. The number of amides is 3. The molecule has 0 spiro atoms. The summed E-state index contributed by atoms with van der Waals surface area (Å²) in [6, 6.07) is 72.9. The van der Waals surface area contributed by atoms with E-state index in [4.69, 9.17) is 45.8 Å². The number of hydrogen-bond acceptors (Lipinski definition) is 22. The van der Waals surface area contributed by atoms with Gasteiger partial charge in [-0.25, -0.2) is 67.3 Å². The van der Waals surface area contributed by atoms with E-state index < -0.39 is 73.7 Å². The molecule has 10 heterocycles. The Morgan fingerprint density at radius 2 is 0.807 bits per heavy atom. The number of carbonyl (C=O) groups excluding carboxylic acids is 7. The second-order valence-corrected chi connectivity index (χ2v) is 40.6. The number of ether oxygens (including phenoxy) is 3. The molecule has 0 bridgehead atoms. The molecule has 1 aliphatic carbocycles. The third kappa shape index (κ3) is 23.2. The van der Waals surface area contributed by atoms with E-state index in [1.54, 1.807) is 93.6 Å². The van der Waals surface area contributed by atoms with Crippen LogP contribution in [0.3, 0.4) is 0 Å². The second-order valence-electron chi connectivity index (χ2n) is 35.6. The van der Waals surface area contributed by atoms with Gasteiger partial charge in [0.05, 0.1) is 73.9 Å². The van der Waals surface area contributed by atoms with Crippen molar-refractivity contribution in [2.24, 2.45) is 5.92 Å². The summed E-state index contributed by atoms with van der Waals surface area (Å²) in [5, 5.41) is 0.999. The number of nitrogens with one attached hydrogen (secondary N) is 1. The van der Waals surface area contributed by atoms with Crippen LogP contribution in [0.1, 0.15) is 159 Å². The number of benzene rings is 9. The average Bonchev–Trinajstić information content (AvgIpc) is 1.59. The number of hydrogen-bond donors (Lipinski definition) is 2. The van der Waals surface area contributed by atoms with Crippen LogP contribution >= 0.6 is 34.2 Å². The van der Waals surface area contributed by atoms with Crippen LogP contribution in [0.15, 0.2) is 283 Å². The van der Waals surface area contributed by atoms with Gasteiger partial charge in [0.2, 0.25) is 5.24 Å². The Balaban J connectivity index is 0.000000155. The Labute approximate surface area is 858 Å². The monoisotopic (exact) mass is 2130 g/mol. The van der Waals surface area contributed by atoms with E-state index >= 15 is 4.39 Å².